The van der Waals surface area contributed by atoms with E-state index < -0.39 is 0 Å². The maximum atomic E-state index is 12.1. The molecule has 1 N–H and O–H groups in total. The van der Waals surface area contributed by atoms with Crippen LogP contribution >= 0.6 is 0 Å². The van der Waals surface area contributed by atoms with Crippen molar-refractivity contribution in [1.82, 2.24) is 10.2 Å². The smallest absolute Gasteiger partial charge is 0.407 e. The Bertz CT molecular complexity index is 949. The molecule has 5 heteroatoms. The molecule has 1 amide bonds. The van der Waals surface area contributed by atoms with E-state index in [0.717, 1.165) is 37.5 Å². The molecule has 0 unspecified atom stereocenters. The molecule has 3 aliphatic rings. The van der Waals surface area contributed by atoms with Gasteiger partial charge in [0.05, 0.1) is 0 Å². The molecule has 2 aromatic carbocycles. The molecule has 5 rings (SSSR count). The van der Waals surface area contributed by atoms with E-state index in [1.165, 1.54) is 55.6 Å². The number of alkyl carbamates (subject to hydrolysis) is 1. The maximum absolute atomic E-state index is 12.1. The van der Waals surface area contributed by atoms with Crippen molar-refractivity contribution in [2.45, 2.75) is 69.9 Å². The van der Waals surface area contributed by atoms with Crippen molar-refractivity contribution in [3.05, 3.63) is 65.2 Å². The fourth-order valence-corrected chi connectivity index (χ4v) is 6.25. The summed E-state index contributed by atoms with van der Waals surface area (Å²) >= 11 is 0. The molecule has 2 aliphatic carbocycles. The molecule has 5 nitrogen and oxygen atoms in total. The van der Waals surface area contributed by atoms with Crippen molar-refractivity contribution in [3.63, 3.8) is 0 Å². The van der Waals surface area contributed by atoms with Crippen LogP contribution in [-0.4, -0.2) is 49.8 Å². The van der Waals surface area contributed by atoms with Crippen molar-refractivity contribution in [2.24, 2.45) is 0 Å². The van der Waals surface area contributed by atoms with Gasteiger partial charge in [-0.25, -0.2) is 4.79 Å². The molecular weight excluding hydrogens is 422 g/mol. The second kappa shape index (κ2) is 10.8. The minimum atomic E-state index is -0.331. The number of carbonyl (C=O) groups is 1. The van der Waals surface area contributed by atoms with Gasteiger partial charge in [-0.1, -0.05) is 56.2 Å². The Morgan fingerprint density at radius 3 is 2.53 bits per heavy atom. The lowest BCUT2D eigenvalue weighted by atomic mass is 9.97. The van der Waals surface area contributed by atoms with Gasteiger partial charge in [-0.05, 0) is 66.3 Å². The number of anilines is 1. The summed E-state index contributed by atoms with van der Waals surface area (Å²) in [5.74, 6) is 1.08. The van der Waals surface area contributed by atoms with Gasteiger partial charge in [0.15, 0.2) is 0 Å². The van der Waals surface area contributed by atoms with Crippen LogP contribution in [0.2, 0.25) is 0 Å². The quantitative estimate of drug-likeness (QED) is 0.578. The number of hydrogen-bond donors (Lipinski definition) is 1. The number of hydrogen-bond acceptors (Lipinski definition) is 4. The van der Waals surface area contributed by atoms with Gasteiger partial charge in [0.2, 0.25) is 0 Å². The van der Waals surface area contributed by atoms with Crippen LogP contribution in [0, 0.1) is 0 Å². The third kappa shape index (κ3) is 5.41. The molecule has 2 atom stereocenters. The largest absolute Gasteiger partial charge is 0.445 e. The summed E-state index contributed by atoms with van der Waals surface area (Å²) in [5, 5.41) is 2.94. The first-order valence-electron chi connectivity index (χ1n) is 13.2. The molecule has 182 valence electrons. The van der Waals surface area contributed by atoms with Crippen molar-refractivity contribution in [1.29, 1.82) is 0 Å². The van der Waals surface area contributed by atoms with Crippen molar-refractivity contribution >= 4 is 11.8 Å². The maximum Gasteiger partial charge on any atom is 0.407 e. The van der Waals surface area contributed by atoms with E-state index in [4.69, 9.17) is 4.74 Å². The monoisotopic (exact) mass is 461 g/mol. The number of piperazine rings is 1. The van der Waals surface area contributed by atoms with E-state index in [0.29, 0.717) is 25.0 Å². The minimum Gasteiger partial charge on any atom is -0.445 e. The average Bonchev–Trinajstić information content (AvgIpc) is 3.52. The fraction of sp³-hybridized carbons (Fsp3) is 0.552. The van der Waals surface area contributed by atoms with Gasteiger partial charge in [0.1, 0.15) is 6.61 Å². The van der Waals surface area contributed by atoms with Crippen LogP contribution in [-0.2, 0) is 11.3 Å². The van der Waals surface area contributed by atoms with Crippen LogP contribution in [0.5, 0.6) is 0 Å². The normalized spacial score (nSPS) is 23.1. The highest BCUT2D eigenvalue weighted by Crippen LogP contribution is 2.44. The highest BCUT2D eigenvalue weighted by atomic mass is 16.5. The average molecular weight is 462 g/mol. The zero-order valence-corrected chi connectivity index (χ0v) is 20.5. The summed E-state index contributed by atoms with van der Waals surface area (Å²) in [5.41, 5.74) is 5.37. The zero-order valence-electron chi connectivity index (χ0n) is 20.5. The number of amides is 1. The Morgan fingerprint density at radius 2 is 1.76 bits per heavy atom. The van der Waals surface area contributed by atoms with Gasteiger partial charge in [-0.15, -0.1) is 0 Å². The number of nitrogens with zero attached hydrogens (tertiary/aromatic N) is 2. The molecule has 0 spiro atoms. The van der Waals surface area contributed by atoms with Crippen LogP contribution in [0.3, 0.4) is 0 Å². The van der Waals surface area contributed by atoms with Crippen LogP contribution in [0.4, 0.5) is 10.5 Å². The van der Waals surface area contributed by atoms with Crippen molar-refractivity contribution in [2.75, 3.05) is 37.6 Å². The van der Waals surface area contributed by atoms with Crippen molar-refractivity contribution < 1.29 is 9.53 Å². The van der Waals surface area contributed by atoms with Crippen LogP contribution in [0.15, 0.2) is 48.5 Å². The molecule has 1 saturated heterocycles. The summed E-state index contributed by atoms with van der Waals surface area (Å²) in [7, 11) is 0. The molecule has 34 heavy (non-hydrogen) atoms. The predicted molar refractivity (Wildman–Crippen MR) is 138 cm³/mol. The SMILES string of the molecule is C[C@@H]1C[C@@H](CCNC(=O)OCc2ccccc2)c2ccc(N3CCN(C4CCCC4)CC3)cc21. The van der Waals surface area contributed by atoms with Gasteiger partial charge >= 0.3 is 6.09 Å². The standard InChI is InChI=1S/C29H39N3O2/c1-22-19-24(13-14-30-29(33)34-21-23-7-3-2-4-8-23)27-12-11-26(20-28(22)27)32-17-15-31(16-18-32)25-9-5-6-10-25/h2-4,7-8,11-12,20,22,24-25H,5-6,9-10,13-19,21H2,1H3,(H,30,33)/t22-,24-/m1/s1. The fourth-order valence-electron chi connectivity index (χ4n) is 6.25. The molecule has 2 fully saturated rings. The number of carbonyl (C=O) groups excluding carboxylic acids is 1. The number of ether oxygens (including phenoxy) is 1. The van der Waals surface area contributed by atoms with Crippen LogP contribution in [0.1, 0.15) is 74.0 Å². The highest BCUT2D eigenvalue weighted by molar-refractivity contribution is 5.67. The van der Waals surface area contributed by atoms with Gasteiger partial charge in [-0.3, -0.25) is 4.90 Å². The Balaban J connectivity index is 1.10. The first kappa shape index (κ1) is 23.2. The first-order chi connectivity index (χ1) is 16.7. The van der Waals surface area contributed by atoms with E-state index in [2.05, 4.69) is 40.2 Å². The Labute approximate surface area is 204 Å². The first-order valence-corrected chi connectivity index (χ1v) is 13.2. The van der Waals surface area contributed by atoms with Gasteiger partial charge in [0, 0.05) is 44.5 Å². The third-order valence-electron chi connectivity index (χ3n) is 8.17. The number of benzene rings is 2. The number of rotatable bonds is 7. The third-order valence-corrected chi connectivity index (χ3v) is 8.17. The summed E-state index contributed by atoms with van der Waals surface area (Å²) in [6.45, 7) is 7.99. The lowest BCUT2D eigenvalue weighted by Crippen LogP contribution is -2.49. The Kier molecular flexibility index (Phi) is 7.39. The Morgan fingerprint density at radius 1 is 1.00 bits per heavy atom. The zero-order chi connectivity index (χ0) is 23.3. The van der Waals surface area contributed by atoms with Crippen molar-refractivity contribution in [3.8, 4) is 0 Å². The molecular formula is C29H39N3O2. The lowest BCUT2D eigenvalue weighted by molar-refractivity contribution is 0.139. The second-order valence-corrected chi connectivity index (χ2v) is 10.4. The van der Waals surface area contributed by atoms with Gasteiger partial charge in [0.25, 0.3) is 0 Å². The summed E-state index contributed by atoms with van der Waals surface area (Å²) in [4.78, 5) is 17.4. The van der Waals surface area contributed by atoms with E-state index in [-0.39, 0.29) is 6.09 Å². The predicted octanol–water partition coefficient (Wildman–Crippen LogP) is 5.66. The van der Waals surface area contributed by atoms with Crippen LogP contribution in [0.25, 0.3) is 0 Å². The number of fused-ring (bicyclic) bond motifs is 1. The Hall–Kier alpha value is -2.53. The molecule has 0 radical (unpaired) electrons. The molecule has 1 aliphatic heterocycles. The molecule has 0 bridgehead atoms. The number of nitrogens with one attached hydrogen (secondary N) is 1. The topological polar surface area (TPSA) is 44.8 Å². The molecule has 0 aromatic heterocycles. The van der Waals surface area contributed by atoms with E-state index >= 15 is 0 Å². The molecule has 2 aromatic rings. The summed E-state index contributed by atoms with van der Waals surface area (Å²) < 4.78 is 5.35. The van der Waals surface area contributed by atoms with E-state index in [9.17, 15) is 4.79 Å². The van der Waals surface area contributed by atoms with Gasteiger partial charge < -0.3 is 15.0 Å². The lowest BCUT2D eigenvalue weighted by Gasteiger charge is -2.39. The van der Waals surface area contributed by atoms with Crippen LogP contribution < -0.4 is 10.2 Å². The summed E-state index contributed by atoms with van der Waals surface area (Å²) in [6.07, 6.45) is 7.42. The van der Waals surface area contributed by atoms with E-state index in [1.807, 2.05) is 30.3 Å². The van der Waals surface area contributed by atoms with E-state index in [1.54, 1.807) is 0 Å². The molecule has 1 saturated carbocycles. The van der Waals surface area contributed by atoms with Gasteiger partial charge in [-0.2, -0.15) is 0 Å². The molecule has 1 heterocycles. The highest BCUT2D eigenvalue weighted by Gasteiger charge is 2.30. The summed E-state index contributed by atoms with van der Waals surface area (Å²) in [6, 6.07) is 17.8. The second-order valence-electron chi connectivity index (χ2n) is 10.4. The minimum absolute atomic E-state index is 0.313.